The van der Waals surface area contributed by atoms with E-state index in [1.165, 1.54) is 0 Å². The van der Waals surface area contributed by atoms with Gasteiger partial charge in [-0.15, -0.1) is 0 Å². The minimum atomic E-state index is 0.285. The van der Waals surface area contributed by atoms with Crippen molar-refractivity contribution in [3.63, 3.8) is 0 Å². The van der Waals surface area contributed by atoms with Crippen LogP contribution in [0.1, 0.15) is 26.2 Å². The average molecular weight is 247 g/mol. The first-order chi connectivity index (χ1) is 7.76. The molecule has 0 aromatic carbocycles. The van der Waals surface area contributed by atoms with Gasteiger partial charge in [-0.3, -0.25) is 0 Å². The lowest BCUT2D eigenvalue weighted by molar-refractivity contribution is 0.00774. The molecule has 4 heteroatoms. The summed E-state index contributed by atoms with van der Waals surface area (Å²) in [6.45, 7) is 7.35. The van der Waals surface area contributed by atoms with E-state index in [2.05, 4.69) is 24.5 Å². The highest BCUT2D eigenvalue weighted by atomic mass is 32.1. The molecule has 0 aliphatic carbocycles. The first-order valence-electron chi connectivity index (χ1n) is 6.28. The van der Waals surface area contributed by atoms with Crippen molar-refractivity contribution < 1.29 is 9.84 Å². The van der Waals surface area contributed by atoms with Crippen LogP contribution in [0.15, 0.2) is 0 Å². The third-order valence-corrected chi connectivity index (χ3v) is 4.20. The van der Waals surface area contributed by atoms with E-state index in [0.717, 1.165) is 57.9 Å². The van der Waals surface area contributed by atoms with Crippen molar-refractivity contribution in [1.29, 1.82) is 0 Å². The van der Waals surface area contributed by atoms with Crippen molar-refractivity contribution in [3.05, 3.63) is 0 Å². The Bertz CT molecular complexity index is 184. The molecule has 0 aromatic heterocycles. The Morgan fingerprint density at radius 2 is 2.06 bits per heavy atom. The van der Waals surface area contributed by atoms with Crippen LogP contribution in [0.4, 0.5) is 0 Å². The van der Waals surface area contributed by atoms with Gasteiger partial charge in [0, 0.05) is 32.9 Å². The molecular formula is C12H25NO2S. The molecule has 1 heterocycles. The predicted octanol–water partition coefficient (Wildman–Crippen LogP) is 1.42. The minimum Gasteiger partial charge on any atom is -0.396 e. The van der Waals surface area contributed by atoms with Crippen molar-refractivity contribution in [2.24, 2.45) is 5.41 Å². The highest BCUT2D eigenvalue weighted by Crippen LogP contribution is 2.32. The maximum atomic E-state index is 8.88. The summed E-state index contributed by atoms with van der Waals surface area (Å²) in [7, 11) is 0. The van der Waals surface area contributed by atoms with Crippen molar-refractivity contribution in [2.75, 3.05) is 45.2 Å². The monoisotopic (exact) mass is 247 g/mol. The Hall–Kier alpha value is 0.230. The molecule has 0 bridgehead atoms. The van der Waals surface area contributed by atoms with Crippen molar-refractivity contribution >= 4 is 12.6 Å². The van der Waals surface area contributed by atoms with Crippen LogP contribution < -0.4 is 0 Å². The first kappa shape index (κ1) is 14.3. The van der Waals surface area contributed by atoms with Gasteiger partial charge in [-0.1, -0.05) is 6.92 Å². The van der Waals surface area contributed by atoms with Crippen LogP contribution in [-0.4, -0.2) is 55.2 Å². The number of hydrogen-bond donors (Lipinski definition) is 2. The summed E-state index contributed by atoms with van der Waals surface area (Å²) in [5.74, 6) is 0.936. The molecule has 1 aliphatic heterocycles. The zero-order valence-corrected chi connectivity index (χ0v) is 11.2. The van der Waals surface area contributed by atoms with Gasteiger partial charge in [-0.25, -0.2) is 0 Å². The van der Waals surface area contributed by atoms with E-state index in [-0.39, 0.29) is 6.61 Å². The van der Waals surface area contributed by atoms with Crippen molar-refractivity contribution in [3.8, 4) is 0 Å². The van der Waals surface area contributed by atoms with Gasteiger partial charge < -0.3 is 14.7 Å². The highest BCUT2D eigenvalue weighted by Gasteiger charge is 2.32. The van der Waals surface area contributed by atoms with Crippen LogP contribution in [0.2, 0.25) is 0 Å². The highest BCUT2D eigenvalue weighted by molar-refractivity contribution is 7.80. The third kappa shape index (κ3) is 4.24. The molecule has 1 saturated heterocycles. The molecule has 0 saturated carbocycles. The van der Waals surface area contributed by atoms with E-state index >= 15 is 0 Å². The Balaban J connectivity index is 2.45. The van der Waals surface area contributed by atoms with Crippen LogP contribution in [0, 0.1) is 5.41 Å². The maximum absolute atomic E-state index is 8.88. The molecule has 0 atom stereocenters. The molecule has 0 amide bonds. The number of thiol groups is 1. The van der Waals surface area contributed by atoms with Gasteiger partial charge in [0.2, 0.25) is 0 Å². The van der Waals surface area contributed by atoms with E-state index < -0.39 is 0 Å². The molecule has 1 N–H and O–H groups in total. The van der Waals surface area contributed by atoms with Crippen LogP contribution in [-0.2, 0) is 4.74 Å². The largest absolute Gasteiger partial charge is 0.396 e. The van der Waals surface area contributed by atoms with Crippen molar-refractivity contribution in [1.82, 2.24) is 4.90 Å². The quantitative estimate of drug-likeness (QED) is 0.667. The fourth-order valence-corrected chi connectivity index (χ4v) is 2.70. The summed E-state index contributed by atoms with van der Waals surface area (Å²) in [6.07, 6.45) is 3.10. The van der Waals surface area contributed by atoms with Crippen molar-refractivity contribution in [2.45, 2.75) is 26.2 Å². The lowest BCUT2D eigenvalue weighted by atomic mass is 9.81. The first-order valence-corrected chi connectivity index (χ1v) is 6.91. The molecule has 0 radical (unpaired) electrons. The van der Waals surface area contributed by atoms with E-state index in [1.54, 1.807) is 0 Å². The number of hydrogen-bond acceptors (Lipinski definition) is 4. The molecule has 3 nitrogen and oxygen atoms in total. The van der Waals surface area contributed by atoms with Gasteiger partial charge in [0.25, 0.3) is 0 Å². The average Bonchev–Trinajstić information content (AvgIpc) is 2.35. The predicted molar refractivity (Wildman–Crippen MR) is 70.2 cm³/mol. The summed E-state index contributed by atoms with van der Waals surface area (Å²) >= 11 is 4.52. The number of aliphatic hydroxyl groups is 1. The number of ether oxygens (including phenoxy) is 1. The normalized spacial score (nSPS) is 20.2. The number of aliphatic hydroxyl groups excluding tert-OH is 1. The summed E-state index contributed by atoms with van der Waals surface area (Å²) in [4.78, 5) is 2.43. The minimum absolute atomic E-state index is 0.285. The molecule has 1 rings (SSSR count). The molecule has 0 unspecified atom stereocenters. The van der Waals surface area contributed by atoms with Crippen LogP contribution in [0.5, 0.6) is 0 Å². The summed E-state index contributed by atoms with van der Waals surface area (Å²) in [6, 6.07) is 0. The van der Waals surface area contributed by atoms with Crippen LogP contribution in [0.3, 0.4) is 0 Å². The fraction of sp³-hybridized carbons (Fsp3) is 1.00. The number of nitrogens with zero attached hydrogens (tertiary/aromatic N) is 1. The summed E-state index contributed by atoms with van der Waals surface area (Å²) in [5, 5.41) is 8.88. The third-order valence-electron chi connectivity index (χ3n) is 3.53. The van der Waals surface area contributed by atoms with Gasteiger partial charge in [-0.05, 0) is 37.0 Å². The molecular weight excluding hydrogens is 222 g/mol. The van der Waals surface area contributed by atoms with E-state index in [0.29, 0.717) is 5.41 Å². The molecule has 1 fully saturated rings. The van der Waals surface area contributed by atoms with E-state index in [1.807, 2.05) is 0 Å². The van der Waals surface area contributed by atoms with Crippen LogP contribution in [0.25, 0.3) is 0 Å². The van der Waals surface area contributed by atoms with Gasteiger partial charge in [-0.2, -0.15) is 12.6 Å². The van der Waals surface area contributed by atoms with E-state index in [4.69, 9.17) is 9.84 Å². The summed E-state index contributed by atoms with van der Waals surface area (Å²) < 4.78 is 5.43. The SMILES string of the molecule is CCN(CCCO)CC1(CS)CCOCC1. The zero-order valence-electron chi connectivity index (χ0n) is 10.3. The van der Waals surface area contributed by atoms with Gasteiger partial charge in [0.05, 0.1) is 0 Å². The summed E-state index contributed by atoms with van der Waals surface area (Å²) in [5.41, 5.74) is 0.326. The Kier molecular flexibility index (Phi) is 6.73. The van der Waals surface area contributed by atoms with Crippen LogP contribution >= 0.6 is 12.6 Å². The second-order valence-electron chi connectivity index (χ2n) is 4.72. The lowest BCUT2D eigenvalue weighted by Gasteiger charge is -2.40. The standard InChI is InChI=1S/C12H25NO2S/c1-2-13(6-3-7-14)10-12(11-16)4-8-15-9-5-12/h14,16H,2-11H2,1H3. The Labute approximate surface area is 105 Å². The molecule has 1 aliphatic rings. The zero-order chi connectivity index (χ0) is 11.9. The second kappa shape index (κ2) is 7.54. The van der Waals surface area contributed by atoms with Gasteiger partial charge in [0.15, 0.2) is 0 Å². The molecule has 96 valence electrons. The second-order valence-corrected chi connectivity index (χ2v) is 5.03. The van der Waals surface area contributed by atoms with Gasteiger partial charge >= 0.3 is 0 Å². The Morgan fingerprint density at radius 1 is 1.38 bits per heavy atom. The molecule has 0 aromatic rings. The fourth-order valence-electron chi connectivity index (χ4n) is 2.29. The van der Waals surface area contributed by atoms with E-state index in [9.17, 15) is 0 Å². The maximum Gasteiger partial charge on any atom is 0.0472 e. The Morgan fingerprint density at radius 3 is 2.56 bits per heavy atom. The van der Waals surface area contributed by atoms with Gasteiger partial charge in [0.1, 0.15) is 0 Å². The number of rotatable bonds is 7. The smallest absolute Gasteiger partial charge is 0.0472 e. The molecule has 0 spiro atoms. The lowest BCUT2D eigenvalue weighted by Crippen LogP contribution is -2.43. The topological polar surface area (TPSA) is 32.7 Å². The molecule has 16 heavy (non-hydrogen) atoms.